The lowest BCUT2D eigenvalue weighted by molar-refractivity contribution is 1.64. The molecule has 0 heteroatoms. The molecule has 222 valence electrons. The average molecular weight is 607 g/mol. The van der Waals surface area contributed by atoms with Crippen molar-refractivity contribution in [3.63, 3.8) is 0 Å². The van der Waals surface area contributed by atoms with Gasteiger partial charge in [-0.1, -0.05) is 164 Å². The molecule has 0 aromatic heterocycles. The van der Waals surface area contributed by atoms with Gasteiger partial charge in [-0.05, 0) is 116 Å². The van der Waals surface area contributed by atoms with Gasteiger partial charge in [0.05, 0.1) is 0 Å². The monoisotopic (exact) mass is 606 g/mol. The molecule has 0 bridgehead atoms. The Balaban J connectivity index is 1.48. The zero-order valence-electron chi connectivity index (χ0n) is 26.3. The number of rotatable bonds is 3. The highest BCUT2D eigenvalue weighted by atomic mass is 14.2. The fraction of sp³-hybridized carbons (Fsp3) is 0. The van der Waals surface area contributed by atoms with Crippen LogP contribution in [0.4, 0.5) is 0 Å². The molecule has 0 nitrogen and oxygen atoms in total. The first-order valence-corrected chi connectivity index (χ1v) is 16.7. The van der Waals surface area contributed by atoms with Gasteiger partial charge in [0.1, 0.15) is 0 Å². The highest BCUT2D eigenvalue weighted by Crippen LogP contribution is 2.50. The smallest absolute Gasteiger partial charge is 0.000763 e. The van der Waals surface area contributed by atoms with Gasteiger partial charge in [-0.25, -0.2) is 0 Å². The van der Waals surface area contributed by atoms with Gasteiger partial charge >= 0.3 is 0 Å². The van der Waals surface area contributed by atoms with Crippen molar-refractivity contribution >= 4 is 64.6 Å². The molecule has 0 aliphatic heterocycles. The minimum absolute atomic E-state index is 1.22. The van der Waals surface area contributed by atoms with Crippen molar-refractivity contribution in [2.75, 3.05) is 0 Å². The van der Waals surface area contributed by atoms with E-state index in [1.165, 1.54) is 98.0 Å². The molecular formula is C48H30. The van der Waals surface area contributed by atoms with E-state index in [1.54, 1.807) is 0 Å². The van der Waals surface area contributed by atoms with Crippen LogP contribution in [0, 0.1) is 0 Å². The van der Waals surface area contributed by atoms with Crippen LogP contribution in [-0.2, 0) is 0 Å². The zero-order chi connectivity index (χ0) is 31.6. The van der Waals surface area contributed by atoms with Gasteiger partial charge in [0.15, 0.2) is 0 Å². The number of benzene rings is 10. The van der Waals surface area contributed by atoms with Crippen molar-refractivity contribution in [2.24, 2.45) is 0 Å². The number of fused-ring (bicyclic) bond motifs is 9. The summed E-state index contributed by atoms with van der Waals surface area (Å²) in [4.78, 5) is 0. The molecule has 10 rings (SSSR count). The predicted molar refractivity (Wildman–Crippen MR) is 208 cm³/mol. The Bertz CT molecular complexity index is 2880. The van der Waals surface area contributed by atoms with Gasteiger partial charge in [0.25, 0.3) is 0 Å². The molecule has 10 aromatic carbocycles. The molecule has 0 amide bonds. The third kappa shape index (κ3) is 4.10. The van der Waals surface area contributed by atoms with E-state index < -0.39 is 0 Å². The van der Waals surface area contributed by atoms with Crippen molar-refractivity contribution in [3.8, 4) is 33.4 Å². The summed E-state index contributed by atoms with van der Waals surface area (Å²) in [5.74, 6) is 0. The summed E-state index contributed by atoms with van der Waals surface area (Å²) in [6, 6.07) is 67.2. The van der Waals surface area contributed by atoms with E-state index in [1.807, 2.05) is 0 Å². The molecule has 0 aliphatic carbocycles. The summed E-state index contributed by atoms with van der Waals surface area (Å²) in [6.45, 7) is 0. The molecule has 0 spiro atoms. The lowest BCUT2D eigenvalue weighted by Crippen LogP contribution is -1.95. The van der Waals surface area contributed by atoms with Crippen molar-refractivity contribution < 1.29 is 0 Å². The van der Waals surface area contributed by atoms with Crippen LogP contribution in [0.3, 0.4) is 0 Å². The van der Waals surface area contributed by atoms with Gasteiger partial charge in [0, 0.05) is 0 Å². The second-order valence-electron chi connectivity index (χ2n) is 12.8. The van der Waals surface area contributed by atoms with E-state index in [9.17, 15) is 0 Å². The summed E-state index contributed by atoms with van der Waals surface area (Å²) in [5.41, 5.74) is 7.49. The fourth-order valence-corrected chi connectivity index (χ4v) is 8.00. The summed E-state index contributed by atoms with van der Waals surface area (Å²) in [5, 5.41) is 15.3. The minimum atomic E-state index is 1.22. The van der Waals surface area contributed by atoms with Crippen LogP contribution in [0.25, 0.3) is 98.0 Å². The molecular weight excluding hydrogens is 577 g/mol. The summed E-state index contributed by atoms with van der Waals surface area (Å²) < 4.78 is 0. The first-order chi connectivity index (χ1) is 23.8. The van der Waals surface area contributed by atoms with Gasteiger partial charge in [-0.3, -0.25) is 0 Å². The molecule has 0 heterocycles. The largest absolute Gasteiger partial charge is 0.0622 e. The zero-order valence-corrected chi connectivity index (χ0v) is 26.3. The molecule has 10 aromatic rings. The average Bonchev–Trinajstić information content (AvgIpc) is 3.17. The second-order valence-corrected chi connectivity index (χ2v) is 12.8. The highest BCUT2D eigenvalue weighted by molar-refractivity contribution is 6.37. The highest BCUT2D eigenvalue weighted by Gasteiger charge is 2.22. The number of hydrogen-bond acceptors (Lipinski definition) is 0. The molecule has 48 heavy (non-hydrogen) atoms. The van der Waals surface area contributed by atoms with Crippen molar-refractivity contribution in [2.45, 2.75) is 0 Å². The Kier molecular flexibility index (Phi) is 5.98. The number of hydrogen-bond donors (Lipinski definition) is 0. The van der Waals surface area contributed by atoms with Crippen molar-refractivity contribution in [1.82, 2.24) is 0 Å². The van der Waals surface area contributed by atoms with Crippen LogP contribution < -0.4 is 0 Å². The maximum atomic E-state index is 2.43. The van der Waals surface area contributed by atoms with Gasteiger partial charge in [0.2, 0.25) is 0 Å². The third-order valence-electron chi connectivity index (χ3n) is 10.2. The molecule has 0 fully saturated rings. The van der Waals surface area contributed by atoms with Crippen molar-refractivity contribution in [3.05, 3.63) is 182 Å². The lowest BCUT2D eigenvalue weighted by atomic mass is 9.80. The summed E-state index contributed by atoms with van der Waals surface area (Å²) in [7, 11) is 0. The van der Waals surface area contributed by atoms with Crippen LogP contribution in [0.2, 0.25) is 0 Å². The SMILES string of the molecule is c1ccc(-c2ccc3c(-c4ccc5ccccc5c4)c4c5ccccc5c5ccccc5c4c(-c4ccc5ccccc5c4)c3c2)cc1. The van der Waals surface area contributed by atoms with E-state index >= 15 is 0 Å². The standard InChI is InChI=1S/C48H30/c1-2-12-31(13-3-1)36-26-27-43-44(30-36)46(38-25-23-33-15-5-7-17-35(33)29-38)48-42-21-11-9-19-40(42)39-18-8-10-20-41(39)47(48)45(43)37-24-22-32-14-4-6-16-34(32)28-37/h1-30H. The maximum absolute atomic E-state index is 2.43. The van der Waals surface area contributed by atoms with Crippen LogP contribution in [0.5, 0.6) is 0 Å². The van der Waals surface area contributed by atoms with Crippen LogP contribution in [0.1, 0.15) is 0 Å². The van der Waals surface area contributed by atoms with Gasteiger partial charge in [-0.2, -0.15) is 0 Å². The van der Waals surface area contributed by atoms with E-state index in [4.69, 9.17) is 0 Å². The Hall–Kier alpha value is -6.24. The molecule has 0 N–H and O–H groups in total. The van der Waals surface area contributed by atoms with E-state index in [2.05, 4.69) is 182 Å². The Morgan fingerprint density at radius 3 is 1.21 bits per heavy atom. The van der Waals surface area contributed by atoms with Gasteiger partial charge < -0.3 is 0 Å². The maximum Gasteiger partial charge on any atom is -0.000763 e. The molecule has 0 saturated carbocycles. The van der Waals surface area contributed by atoms with E-state index in [-0.39, 0.29) is 0 Å². The summed E-state index contributed by atoms with van der Waals surface area (Å²) >= 11 is 0. The molecule has 0 saturated heterocycles. The second kappa shape index (κ2) is 10.7. The van der Waals surface area contributed by atoms with Gasteiger partial charge in [-0.15, -0.1) is 0 Å². The summed E-state index contributed by atoms with van der Waals surface area (Å²) in [6.07, 6.45) is 0. The van der Waals surface area contributed by atoms with E-state index in [0.717, 1.165) is 0 Å². The first kappa shape index (κ1) is 26.9. The molecule has 0 aliphatic rings. The Labute approximate surface area is 279 Å². The van der Waals surface area contributed by atoms with Crippen LogP contribution in [-0.4, -0.2) is 0 Å². The normalized spacial score (nSPS) is 11.8. The molecule has 0 unspecified atom stereocenters. The van der Waals surface area contributed by atoms with Crippen LogP contribution >= 0.6 is 0 Å². The van der Waals surface area contributed by atoms with Crippen LogP contribution in [0.15, 0.2) is 182 Å². The topological polar surface area (TPSA) is 0 Å². The third-order valence-corrected chi connectivity index (χ3v) is 10.2. The minimum Gasteiger partial charge on any atom is -0.0622 e. The molecule has 0 atom stereocenters. The van der Waals surface area contributed by atoms with Crippen molar-refractivity contribution in [1.29, 1.82) is 0 Å². The van der Waals surface area contributed by atoms with E-state index in [0.29, 0.717) is 0 Å². The first-order valence-electron chi connectivity index (χ1n) is 16.7. The predicted octanol–water partition coefficient (Wildman–Crippen LogP) is 13.6. The lowest BCUT2D eigenvalue weighted by Gasteiger charge is -2.22. The molecule has 0 radical (unpaired) electrons. The Morgan fingerprint density at radius 2 is 0.646 bits per heavy atom. The fourth-order valence-electron chi connectivity index (χ4n) is 8.00. The quantitative estimate of drug-likeness (QED) is 0.139. The Morgan fingerprint density at radius 1 is 0.208 bits per heavy atom.